The van der Waals surface area contributed by atoms with Gasteiger partial charge in [-0.05, 0) is 51.2 Å². The first-order valence-electron chi connectivity index (χ1n) is 9.86. The second-order valence-electron chi connectivity index (χ2n) is 6.97. The molecule has 2 aromatic rings. The predicted octanol–water partition coefficient (Wildman–Crippen LogP) is 3.82. The molecule has 0 saturated heterocycles. The zero-order chi connectivity index (χ0) is 22.5. The highest BCUT2D eigenvalue weighted by Gasteiger charge is 2.27. The van der Waals surface area contributed by atoms with E-state index in [0.717, 1.165) is 36.1 Å². The molecular formula is C21H22N2O7S. The van der Waals surface area contributed by atoms with Gasteiger partial charge in [0.05, 0.1) is 22.7 Å². The van der Waals surface area contributed by atoms with E-state index in [1.165, 1.54) is 36.5 Å². The molecule has 1 amide bonds. The number of ether oxygens (including phenoxy) is 2. The monoisotopic (exact) mass is 446 g/mol. The number of nitrogens with zero attached hydrogens (tertiary/aromatic N) is 1. The highest BCUT2D eigenvalue weighted by atomic mass is 32.1. The molecule has 0 atom stereocenters. The summed E-state index contributed by atoms with van der Waals surface area (Å²) < 4.78 is 10.2. The molecule has 3 rings (SSSR count). The molecule has 10 heteroatoms. The highest BCUT2D eigenvalue weighted by Crippen LogP contribution is 2.38. The van der Waals surface area contributed by atoms with E-state index < -0.39 is 29.4 Å². The number of carbonyl (C=O) groups excluding carboxylic acids is 3. The second kappa shape index (κ2) is 9.69. The molecule has 1 aliphatic carbocycles. The molecule has 1 aromatic carbocycles. The number of anilines is 1. The zero-order valence-electron chi connectivity index (χ0n) is 17.2. The van der Waals surface area contributed by atoms with Crippen LogP contribution in [0.2, 0.25) is 0 Å². The Hall–Kier alpha value is -3.27. The topological polar surface area (TPSA) is 125 Å². The van der Waals surface area contributed by atoms with E-state index in [1.54, 1.807) is 6.92 Å². The van der Waals surface area contributed by atoms with Gasteiger partial charge in [-0.15, -0.1) is 11.3 Å². The third-order valence-electron chi connectivity index (χ3n) is 4.96. The fourth-order valence-corrected chi connectivity index (χ4v) is 4.78. The van der Waals surface area contributed by atoms with Gasteiger partial charge in [0.2, 0.25) is 0 Å². The lowest BCUT2D eigenvalue weighted by Crippen LogP contribution is -2.22. The number of aryl methyl sites for hydroxylation is 1. The Morgan fingerprint density at radius 3 is 2.61 bits per heavy atom. The number of nitro benzene ring substituents is 1. The van der Waals surface area contributed by atoms with Crippen molar-refractivity contribution in [3.05, 3.63) is 55.4 Å². The molecule has 1 N–H and O–H groups in total. The van der Waals surface area contributed by atoms with Crippen LogP contribution in [-0.2, 0) is 27.1 Å². The maximum atomic E-state index is 12.4. The van der Waals surface area contributed by atoms with Gasteiger partial charge in [-0.1, -0.05) is 6.07 Å². The SMILES string of the molecule is CCOC(=O)c1c(NC(=O)COC(=O)c2cccc([N+](=O)[O-])c2C)sc2c1CCCC2. The van der Waals surface area contributed by atoms with Crippen molar-refractivity contribution >= 4 is 39.9 Å². The van der Waals surface area contributed by atoms with Gasteiger partial charge in [0.1, 0.15) is 5.00 Å². The number of esters is 2. The van der Waals surface area contributed by atoms with Crippen molar-refractivity contribution in [2.45, 2.75) is 39.5 Å². The van der Waals surface area contributed by atoms with E-state index in [1.807, 2.05) is 0 Å². The zero-order valence-corrected chi connectivity index (χ0v) is 18.0. The van der Waals surface area contributed by atoms with Crippen LogP contribution >= 0.6 is 11.3 Å². The lowest BCUT2D eigenvalue weighted by Gasteiger charge is -2.12. The van der Waals surface area contributed by atoms with E-state index in [9.17, 15) is 24.5 Å². The van der Waals surface area contributed by atoms with Gasteiger partial charge in [0.15, 0.2) is 6.61 Å². The smallest absolute Gasteiger partial charge is 0.341 e. The summed E-state index contributed by atoms with van der Waals surface area (Å²) in [4.78, 5) is 48.7. The van der Waals surface area contributed by atoms with Crippen LogP contribution in [0.5, 0.6) is 0 Å². The molecule has 0 bridgehead atoms. The van der Waals surface area contributed by atoms with E-state index in [2.05, 4.69) is 5.32 Å². The third-order valence-corrected chi connectivity index (χ3v) is 6.17. The molecule has 0 unspecified atom stereocenters. The number of fused-ring (bicyclic) bond motifs is 1. The van der Waals surface area contributed by atoms with Crippen molar-refractivity contribution in [3.63, 3.8) is 0 Å². The Labute approximate surface area is 182 Å². The highest BCUT2D eigenvalue weighted by molar-refractivity contribution is 7.17. The van der Waals surface area contributed by atoms with Crippen molar-refractivity contribution in [1.82, 2.24) is 0 Å². The molecule has 1 aliphatic rings. The number of amides is 1. The van der Waals surface area contributed by atoms with Gasteiger partial charge < -0.3 is 14.8 Å². The Balaban J connectivity index is 1.71. The van der Waals surface area contributed by atoms with E-state index >= 15 is 0 Å². The number of nitro groups is 1. The first kappa shape index (κ1) is 22.4. The van der Waals surface area contributed by atoms with E-state index in [4.69, 9.17) is 9.47 Å². The number of hydrogen-bond donors (Lipinski definition) is 1. The summed E-state index contributed by atoms with van der Waals surface area (Å²) in [7, 11) is 0. The number of benzene rings is 1. The summed E-state index contributed by atoms with van der Waals surface area (Å²) in [5.41, 5.74) is 1.25. The van der Waals surface area contributed by atoms with Crippen LogP contribution in [0.1, 0.15) is 56.5 Å². The predicted molar refractivity (Wildman–Crippen MR) is 114 cm³/mol. The number of nitrogens with one attached hydrogen (secondary N) is 1. The minimum absolute atomic E-state index is 0.0146. The fourth-order valence-electron chi connectivity index (χ4n) is 3.49. The summed E-state index contributed by atoms with van der Waals surface area (Å²) in [5, 5.41) is 14.1. The maximum Gasteiger partial charge on any atom is 0.341 e. The molecule has 31 heavy (non-hydrogen) atoms. The fraction of sp³-hybridized carbons (Fsp3) is 0.381. The lowest BCUT2D eigenvalue weighted by molar-refractivity contribution is -0.385. The Morgan fingerprint density at radius 2 is 1.90 bits per heavy atom. The van der Waals surface area contributed by atoms with Gasteiger partial charge >= 0.3 is 11.9 Å². The Bertz CT molecular complexity index is 1040. The summed E-state index contributed by atoms with van der Waals surface area (Å²) >= 11 is 1.33. The minimum Gasteiger partial charge on any atom is -0.462 e. The van der Waals surface area contributed by atoms with E-state index in [-0.39, 0.29) is 23.4 Å². The van der Waals surface area contributed by atoms with Crippen LogP contribution in [0.25, 0.3) is 0 Å². The molecule has 0 fully saturated rings. The molecule has 0 radical (unpaired) electrons. The quantitative estimate of drug-likeness (QED) is 0.389. The van der Waals surface area contributed by atoms with Crippen LogP contribution in [0, 0.1) is 17.0 Å². The van der Waals surface area contributed by atoms with Crippen molar-refractivity contribution in [2.24, 2.45) is 0 Å². The van der Waals surface area contributed by atoms with E-state index in [0.29, 0.717) is 10.6 Å². The van der Waals surface area contributed by atoms with Crippen molar-refractivity contribution in [2.75, 3.05) is 18.5 Å². The summed E-state index contributed by atoms with van der Waals surface area (Å²) in [6.07, 6.45) is 3.56. The Morgan fingerprint density at radius 1 is 1.16 bits per heavy atom. The van der Waals surface area contributed by atoms with Crippen LogP contribution < -0.4 is 5.32 Å². The number of hydrogen-bond acceptors (Lipinski definition) is 8. The summed E-state index contributed by atoms with van der Waals surface area (Å²) in [6, 6.07) is 4.06. The average Bonchev–Trinajstić information content (AvgIpc) is 3.09. The lowest BCUT2D eigenvalue weighted by atomic mass is 9.95. The summed E-state index contributed by atoms with van der Waals surface area (Å²) in [5.74, 6) is -1.94. The average molecular weight is 446 g/mol. The first-order chi connectivity index (χ1) is 14.8. The van der Waals surface area contributed by atoms with Crippen LogP contribution in [0.4, 0.5) is 10.7 Å². The van der Waals surface area contributed by atoms with Gasteiger partial charge in [-0.3, -0.25) is 14.9 Å². The van der Waals surface area contributed by atoms with Crippen LogP contribution in [0.3, 0.4) is 0 Å². The standard InChI is InChI=1S/C21H22N2O7S/c1-3-29-21(26)18-14-7-4-5-10-16(14)31-19(18)22-17(24)11-30-20(25)13-8-6-9-15(12(13)2)23(27)28/h6,8-9H,3-5,7,10-11H2,1-2H3,(H,22,24). The molecule has 9 nitrogen and oxygen atoms in total. The normalized spacial score (nSPS) is 12.6. The molecule has 0 spiro atoms. The van der Waals surface area contributed by atoms with Crippen molar-refractivity contribution in [1.29, 1.82) is 0 Å². The van der Waals surface area contributed by atoms with Crippen LogP contribution in [0.15, 0.2) is 18.2 Å². The van der Waals surface area contributed by atoms with Gasteiger partial charge in [0, 0.05) is 16.5 Å². The first-order valence-corrected chi connectivity index (χ1v) is 10.7. The largest absolute Gasteiger partial charge is 0.462 e. The van der Waals surface area contributed by atoms with Crippen molar-refractivity contribution < 1.29 is 28.8 Å². The number of rotatable bonds is 7. The number of carbonyl (C=O) groups is 3. The van der Waals surface area contributed by atoms with Gasteiger partial charge in [-0.2, -0.15) is 0 Å². The van der Waals surface area contributed by atoms with Gasteiger partial charge in [-0.25, -0.2) is 9.59 Å². The van der Waals surface area contributed by atoms with Crippen molar-refractivity contribution in [3.8, 4) is 0 Å². The molecule has 1 aromatic heterocycles. The molecule has 164 valence electrons. The molecule has 0 saturated carbocycles. The Kier molecular flexibility index (Phi) is 7.01. The van der Waals surface area contributed by atoms with Gasteiger partial charge in [0.25, 0.3) is 11.6 Å². The summed E-state index contributed by atoms with van der Waals surface area (Å²) in [6.45, 7) is 2.78. The molecule has 1 heterocycles. The third kappa shape index (κ3) is 4.91. The maximum absolute atomic E-state index is 12.4. The van der Waals surface area contributed by atoms with Crippen LogP contribution in [-0.4, -0.2) is 36.0 Å². The molecule has 0 aliphatic heterocycles. The minimum atomic E-state index is -0.840. The molecular weight excluding hydrogens is 424 g/mol. The number of thiophene rings is 1. The second-order valence-corrected chi connectivity index (χ2v) is 8.07.